The number of cyclic esters (lactones) is 1. The van der Waals surface area contributed by atoms with Gasteiger partial charge >= 0.3 is 5.97 Å². The molecular weight excluding hydrogens is 288 g/mol. The van der Waals surface area contributed by atoms with Crippen LogP contribution in [0.4, 0.5) is 0 Å². The lowest BCUT2D eigenvalue weighted by Crippen LogP contribution is -2.51. The van der Waals surface area contributed by atoms with Crippen LogP contribution in [0.25, 0.3) is 0 Å². The third-order valence-corrected chi connectivity index (χ3v) is 7.01. The van der Waals surface area contributed by atoms with Gasteiger partial charge in [-0.25, -0.2) is 4.79 Å². The number of carbonyl (C=O) groups is 1. The van der Waals surface area contributed by atoms with Crippen LogP contribution in [0.2, 0.25) is 0 Å². The highest BCUT2D eigenvalue weighted by molar-refractivity contribution is 5.90. The van der Waals surface area contributed by atoms with E-state index in [4.69, 9.17) is 4.74 Å². The highest BCUT2D eigenvalue weighted by Gasteiger charge is 2.54. The molecule has 0 radical (unpaired) electrons. The van der Waals surface area contributed by atoms with Gasteiger partial charge in [0.1, 0.15) is 6.61 Å². The molecule has 0 aromatic rings. The molecular formula is C20H30O3. The van der Waals surface area contributed by atoms with Crippen LogP contribution in [0.15, 0.2) is 23.8 Å². The number of fused-ring (bicyclic) bond motifs is 1. The topological polar surface area (TPSA) is 46.5 Å². The molecule has 0 bridgehead atoms. The molecule has 0 spiro atoms. The normalized spacial score (nSPS) is 40.6. The summed E-state index contributed by atoms with van der Waals surface area (Å²) in [4.78, 5) is 11.7. The van der Waals surface area contributed by atoms with Gasteiger partial charge in [-0.3, -0.25) is 0 Å². The third kappa shape index (κ3) is 2.77. The molecule has 0 saturated heterocycles. The van der Waals surface area contributed by atoms with Crippen molar-refractivity contribution >= 4 is 5.97 Å². The Balaban J connectivity index is 1.80. The Morgan fingerprint density at radius 1 is 1.39 bits per heavy atom. The summed E-state index contributed by atoms with van der Waals surface area (Å²) in [6, 6.07) is 0. The molecule has 2 fully saturated rings. The lowest BCUT2D eigenvalue weighted by molar-refractivity contribution is -0.136. The second-order valence-corrected chi connectivity index (χ2v) is 8.34. The number of hydrogen-bond acceptors (Lipinski definition) is 3. The van der Waals surface area contributed by atoms with Crippen molar-refractivity contribution < 1.29 is 14.6 Å². The van der Waals surface area contributed by atoms with E-state index in [1.807, 2.05) is 6.08 Å². The van der Waals surface area contributed by atoms with E-state index in [0.29, 0.717) is 18.4 Å². The monoisotopic (exact) mass is 318 g/mol. The van der Waals surface area contributed by atoms with Crippen LogP contribution in [-0.4, -0.2) is 24.3 Å². The summed E-state index contributed by atoms with van der Waals surface area (Å²) in [5.74, 6) is 0.854. The number of aliphatic hydroxyl groups is 1. The van der Waals surface area contributed by atoms with Gasteiger partial charge in [0.25, 0.3) is 0 Å². The van der Waals surface area contributed by atoms with Gasteiger partial charge < -0.3 is 9.84 Å². The Morgan fingerprint density at radius 2 is 2.17 bits per heavy atom. The van der Waals surface area contributed by atoms with Crippen LogP contribution in [-0.2, 0) is 9.53 Å². The number of rotatable bonds is 4. The zero-order valence-electron chi connectivity index (χ0n) is 14.6. The SMILES string of the molecule is C=C1CC[C@@H]2[C@@](C)(CO)CCC[C@]2(C)[C@H]1CCC1=CCOC1=O. The maximum atomic E-state index is 11.7. The van der Waals surface area contributed by atoms with Crippen molar-refractivity contribution in [2.45, 2.75) is 58.8 Å². The first kappa shape index (κ1) is 16.8. The number of carbonyl (C=O) groups excluding carboxylic acids is 1. The van der Waals surface area contributed by atoms with Crippen LogP contribution in [0, 0.1) is 22.7 Å². The van der Waals surface area contributed by atoms with E-state index < -0.39 is 0 Å². The van der Waals surface area contributed by atoms with Crippen molar-refractivity contribution in [1.29, 1.82) is 0 Å². The smallest absolute Gasteiger partial charge is 0.334 e. The molecule has 1 N–H and O–H groups in total. The second-order valence-electron chi connectivity index (χ2n) is 8.34. The molecule has 3 rings (SSSR count). The predicted octanol–water partition coefficient (Wildman–Crippen LogP) is 4.02. The van der Waals surface area contributed by atoms with E-state index in [2.05, 4.69) is 20.4 Å². The van der Waals surface area contributed by atoms with E-state index in [-0.39, 0.29) is 23.4 Å². The zero-order valence-corrected chi connectivity index (χ0v) is 14.6. The summed E-state index contributed by atoms with van der Waals surface area (Å²) in [5, 5.41) is 10.0. The Kier molecular flexibility index (Phi) is 4.43. The quantitative estimate of drug-likeness (QED) is 0.629. The van der Waals surface area contributed by atoms with Crippen LogP contribution >= 0.6 is 0 Å². The summed E-state index contributed by atoms with van der Waals surface area (Å²) < 4.78 is 5.03. The summed E-state index contributed by atoms with van der Waals surface area (Å²) in [6.45, 7) is 9.75. The lowest BCUT2D eigenvalue weighted by atomic mass is 9.47. The minimum atomic E-state index is -0.142. The van der Waals surface area contributed by atoms with Gasteiger partial charge in [-0.1, -0.05) is 32.4 Å². The Hall–Kier alpha value is -1.09. The van der Waals surface area contributed by atoms with Gasteiger partial charge in [-0.05, 0) is 67.3 Å². The van der Waals surface area contributed by atoms with Gasteiger partial charge in [-0.2, -0.15) is 0 Å². The summed E-state index contributed by atoms with van der Waals surface area (Å²) in [5.41, 5.74) is 2.42. The molecule has 2 aliphatic carbocycles. The number of ether oxygens (including phenoxy) is 1. The van der Waals surface area contributed by atoms with Crippen molar-refractivity contribution in [2.75, 3.05) is 13.2 Å². The highest BCUT2D eigenvalue weighted by Crippen LogP contribution is 2.61. The first-order valence-corrected chi connectivity index (χ1v) is 9.05. The number of hydrogen-bond donors (Lipinski definition) is 1. The zero-order chi connectivity index (χ0) is 16.7. The van der Waals surface area contributed by atoms with Crippen molar-refractivity contribution in [1.82, 2.24) is 0 Å². The summed E-state index contributed by atoms with van der Waals surface area (Å²) >= 11 is 0. The molecule has 128 valence electrons. The van der Waals surface area contributed by atoms with Gasteiger partial charge in [0, 0.05) is 12.2 Å². The minimum absolute atomic E-state index is 0.0392. The van der Waals surface area contributed by atoms with Crippen LogP contribution in [0.5, 0.6) is 0 Å². The van der Waals surface area contributed by atoms with E-state index in [9.17, 15) is 9.90 Å². The minimum Gasteiger partial charge on any atom is -0.458 e. The molecule has 0 amide bonds. The average molecular weight is 318 g/mol. The highest BCUT2D eigenvalue weighted by atomic mass is 16.5. The lowest BCUT2D eigenvalue weighted by Gasteiger charge is -2.58. The predicted molar refractivity (Wildman–Crippen MR) is 90.8 cm³/mol. The van der Waals surface area contributed by atoms with Crippen LogP contribution in [0.3, 0.4) is 0 Å². The Bertz CT molecular complexity index is 535. The molecule has 4 atom stereocenters. The molecule has 1 heterocycles. The molecule has 3 nitrogen and oxygen atoms in total. The van der Waals surface area contributed by atoms with Crippen molar-refractivity contribution in [3.63, 3.8) is 0 Å². The first-order chi connectivity index (χ1) is 10.9. The molecule has 0 unspecified atom stereocenters. The third-order valence-electron chi connectivity index (χ3n) is 7.01. The van der Waals surface area contributed by atoms with Gasteiger partial charge in [-0.15, -0.1) is 0 Å². The summed E-state index contributed by atoms with van der Waals surface area (Å²) in [6.07, 6.45) is 9.42. The van der Waals surface area contributed by atoms with Gasteiger partial charge in [0.05, 0.1) is 0 Å². The van der Waals surface area contributed by atoms with E-state index >= 15 is 0 Å². The Morgan fingerprint density at radius 3 is 2.83 bits per heavy atom. The molecule has 3 aliphatic rings. The molecule has 3 heteroatoms. The fourth-order valence-electron chi connectivity index (χ4n) is 5.70. The number of esters is 1. The van der Waals surface area contributed by atoms with Crippen LogP contribution < -0.4 is 0 Å². The van der Waals surface area contributed by atoms with Crippen molar-refractivity contribution in [3.8, 4) is 0 Å². The molecule has 23 heavy (non-hydrogen) atoms. The van der Waals surface area contributed by atoms with Gasteiger partial charge in [0.2, 0.25) is 0 Å². The van der Waals surface area contributed by atoms with Gasteiger partial charge in [0.15, 0.2) is 0 Å². The maximum absolute atomic E-state index is 11.7. The Labute approximate surface area is 139 Å². The molecule has 1 aliphatic heterocycles. The fourth-order valence-corrected chi connectivity index (χ4v) is 5.70. The van der Waals surface area contributed by atoms with E-state index in [1.165, 1.54) is 18.4 Å². The van der Waals surface area contributed by atoms with Crippen molar-refractivity contribution in [2.24, 2.45) is 22.7 Å². The fraction of sp³-hybridized carbons (Fsp3) is 0.750. The largest absolute Gasteiger partial charge is 0.458 e. The molecule has 0 aromatic heterocycles. The first-order valence-electron chi connectivity index (χ1n) is 9.05. The number of allylic oxidation sites excluding steroid dienone is 1. The van der Waals surface area contributed by atoms with E-state index in [1.54, 1.807) is 0 Å². The summed E-state index contributed by atoms with van der Waals surface area (Å²) in [7, 11) is 0. The van der Waals surface area contributed by atoms with Crippen LogP contribution in [0.1, 0.15) is 58.8 Å². The molecule has 0 aromatic carbocycles. The second kappa shape index (κ2) is 6.08. The van der Waals surface area contributed by atoms with E-state index in [0.717, 1.165) is 37.7 Å². The number of aliphatic hydroxyl groups excluding tert-OH is 1. The molecule has 2 saturated carbocycles. The van der Waals surface area contributed by atoms with Crippen molar-refractivity contribution in [3.05, 3.63) is 23.8 Å². The standard InChI is InChI=1S/C20H30O3/c1-14-5-8-17-19(2,13-21)10-4-11-20(17,3)16(14)7-6-15-9-12-23-18(15)22/h9,16-17,21H,1,4-8,10-13H2,2-3H3/t16-,17+,19+,20+/m0/s1. The maximum Gasteiger partial charge on any atom is 0.334 e. The average Bonchev–Trinajstić information content (AvgIpc) is 2.91.